The zero-order chi connectivity index (χ0) is 21.6. The van der Waals surface area contributed by atoms with Gasteiger partial charge in [0.25, 0.3) is 0 Å². The van der Waals surface area contributed by atoms with Crippen LogP contribution in [-0.2, 0) is 14.3 Å². The van der Waals surface area contributed by atoms with Crippen LogP contribution in [0.3, 0.4) is 0 Å². The molecule has 0 spiro atoms. The molecule has 5 unspecified atom stereocenters. The molecule has 2 saturated heterocycles. The normalized spacial score (nSPS) is 40.2. The van der Waals surface area contributed by atoms with E-state index in [9.17, 15) is 24.9 Å². The molecule has 2 aliphatic heterocycles. The van der Waals surface area contributed by atoms with Gasteiger partial charge in [-0.15, -0.1) is 0 Å². The Balaban J connectivity index is 1.91. The molecule has 5 atom stereocenters. The van der Waals surface area contributed by atoms with Gasteiger partial charge in [0.15, 0.2) is 5.78 Å². The molecule has 2 bridgehead atoms. The van der Waals surface area contributed by atoms with E-state index in [2.05, 4.69) is 11.8 Å². The highest BCUT2D eigenvalue weighted by Crippen LogP contribution is 2.64. The van der Waals surface area contributed by atoms with Crippen molar-refractivity contribution in [1.29, 1.82) is 0 Å². The molecule has 0 radical (unpaired) electrons. The number of ether oxygens (including phenoxy) is 1. The van der Waals surface area contributed by atoms with Crippen LogP contribution in [0.5, 0.6) is 0 Å². The van der Waals surface area contributed by atoms with Crippen molar-refractivity contribution in [3.63, 3.8) is 0 Å². The number of Topliss-reactive ketones (excluding diaryl/α,β-unsaturated/α-hetero) is 1. The van der Waals surface area contributed by atoms with E-state index in [0.29, 0.717) is 36.1 Å². The van der Waals surface area contributed by atoms with E-state index >= 15 is 0 Å². The van der Waals surface area contributed by atoms with Gasteiger partial charge in [-0.3, -0.25) is 9.69 Å². The summed E-state index contributed by atoms with van der Waals surface area (Å²) in [5, 5.41) is 32.9. The van der Waals surface area contributed by atoms with Gasteiger partial charge in [-0.05, 0) is 29.9 Å². The third kappa shape index (κ3) is 2.16. The Morgan fingerprint density at radius 3 is 2.70 bits per heavy atom. The number of carbonyl (C=O) groups excluding carboxylic acids is 2. The third-order valence-corrected chi connectivity index (χ3v) is 8.55. The van der Waals surface area contributed by atoms with Crippen molar-refractivity contribution in [1.82, 2.24) is 4.90 Å². The molecule has 3 N–H and O–H groups in total. The molecule has 0 aromatic rings. The summed E-state index contributed by atoms with van der Waals surface area (Å²) in [6.45, 7) is 5.31. The zero-order valence-corrected chi connectivity index (χ0v) is 17.7. The van der Waals surface area contributed by atoms with E-state index in [-0.39, 0.29) is 53.6 Å². The topological polar surface area (TPSA) is 107 Å². The first-order valence-electron chi connectivity index (χ1n) is 10.8. The maximum atomic E-state index is 13.3. The van der Waals surface area contributed by atoms with Gasteiger partial charge in [-0.2, -0.15) is 0 Å². The Kier molecular flexibility index (Phi) is 4.18. The van der Waals surface area contributed by atoms with Crippen molar-refractivity contribution in [3.05, 3.63) is 33.6 Å². The van der Waals surface area contributed by atoms with Gasteiger partial charge in [-0.25, -0.2) is 4.79 Å². The van der Waals surface area contributed by atoms with Gasteiger partial charge < -0.3 is 20.1 Å². The lowest BCUT2D eigenvalue weighted by Crippen LogP contribution is -2.56. The molecule has 2 fully saturated rings. The first-order valence-corrected chi connectivity index (χ1v) is 10.8. The minimum Gasteiger partial charge on any atom is -0.509 e. The minimum absolute atomic E-state index is 0.0355. The van der Waals surface area contributed by atoms with Crippen molar-refractivity contribution >= 4 is 11.8 Å². The summed E-state index contributed by atoms with van der Waals surface area (Å²) < 4.78 is 5.05. The summed E-state index contributed by atoms with van der Waals surface area (Å²) in [5.41, 5.74) is 0.0549. The first-order chi connectivity index (χ1) is 14.2. The SMILES string of the molecule is COC(=O)C1=C(CCO)C2=C3C1=C(O)C1(O)CC4N(CC1C)CC(CCC2=O)C34C. The van der Waals surface area contributed by atoms with Crippen LogP contribution < -0.4 is 0 Å². The van der Waals surface area contributed by atoms with E-state index in [4.69, 9.17) is 4.74 Å². The smallest absolute Gasteiger partial charge is 0.338 e. The Morgan fingerprint density at radius 1 is 1.30 bits per heavy atom. The molecule has 0 saturated carbocycles. The highest BCUT2D eigenvalue weighted by molar-refractivity contribution is 6.10. The number of esters is 1. The number of aliphatic hydroxyl groups is 3. The lowest BCUT2D eigenvalue weighted by atomic mass is 9.65. The largest absolute Gasteiger partial charge is 0.509 e. The zero-order valence-electron chi connectivity index (χ0n) is 17.7. The molecule has 30 heavy (non-hydrogen) atoms. The molecule has 7 nitrogen and oxygen atoms in total. The Hall–Kier alpha value is -1.96. The van der Waals surface area contributed by atoms with E-state index in [1.807, 2.05) is 6.92 Å². The summed E-state index contributed by atoms with van der Waals surface area (Å²) in [6, 6.07) is -0.0355. The monoisotopic (exact) mass is 415 g/mol. The van der Waals surface area contributed by atoms with E-state index in [0.717, 1.165) is 13.0 Å². The predicted octanol–water partition coefficient (Wildman–Crippen LogP) is 1.41. The number of fused-ring (bicyclic) bond motifs is 1. The average molecular weight is 415 g/mol. The second kappa shape index (κ2) is 6.28. The molecule has 7 heteroatoms. The van der Waals surface area contributed by atoms with E-state index < -0.39 is 17.0 Å². The van der Waals surface area contributed by atoms with Gasteiger partial charge in [-0.1, -0.05) is 13.8 Å². The fourth-order valence-electron chi connectivity index (χ4n) is 6.98. The van der Waals surface area contributed by atoms with Crippen LogP contribution in [0.2, 0.25) is 0 Å². The minimum atomic E-state index is -1.48. The number of hydrogen-bond acceptors (Lipinski definition) is 7. The average Bonchev–Trinajstić information content (AvgIpc) is 3.13. The number of nitrogens with zero attached hydrogens (tertiary/aromatic N) is 1. The Labute approximate surface area is 175 Å². The highest BCUT2D eigenvalue weighted by Gasteiger charge is 2.65. The first kappa shape index (κ1) is 20.0. The fraction of sp³-hybridized carbons (Fsp3) is 0.652. The highest BCUT2D eigenvalue weighted by atomic mass is 16.5. The summed E-state index contributed by atoms with van der Waals surface area (Å²) in [5.74, 6) is -0.981. The third-order valence-electron chi connectivity index (χ3n) is 8.55. The summed E-state index contributed by atoms with van der Waals surface area (Å²) in [7, 11) is 1.27. The van der Waals surface area contributed by atoms with Gasteiger partial charge in [0, 0.05) is 61.1 Å². The van der Waals surface area contributed by atoms with Crippen molar-refractivity contribution in [3.8, 4) is 0 Å². The van der Waals surface area contributed by atoms with Crippen LogP contribution in [0.15, 0.2) is 33.6 Å². The van der Waals surface area contributed by atoms with Crippen LogP contribution in [0.4, 0.5) is 0 Å². The quantitative estimate of drug-likeness (QED) is 0.598. The molecule has 0 aromatic heterocycles. The lowest BCUT2D eigenvalue weighted by molar-refractivity contribution is -0.135. The molecule has 2 heterocycles. The van der Waals surface area contributed by atoms with E-state index in [1.165, 1.54) is 7.11 Å². The van der Waals surface area contributed by atoms with Crippen LogP contribution in [0.25, 0.3) is 0 Å². The van der Waals surface area contributed by atoms with Crippen molar-refractivity contribution < 1.29 is 29.6 Å². The summed E-state index contributed by atoms with van der Waals surface area (Å²) in [4.78, 5) is 28.6. The van der Waals surface area contributed by atoms with Crippen LogP contribution >= 0.6 is 0 Å². The molecule has 0 amide bonds. The number of hydrogen-bond donors (Lipinski definition) is 3. The van der Waals surface area contributed by atoms with Gasteiger partial charge in [0.05, 0.1) is 12.7 Å². The number of allylic oxidation sites excluding steroid dienone is 1. The standard InChI is InChI=1S/C23H29NO6/c1-11-9-24-10-12-4-5-14(26)16-13(6-7-25)17(21(28)30-3)18-19(16)22(12,2)15(24)8-23(11,29)20(18)27/h11-12,15,25,27,29H,4-10H2,1-3H3. The lowest BCUT2D eigenvalue weighted by Gasteiger charge is -2.47. The Morgan fingerprint density at radius 2 is 2.03 bits per heavy atom. The molecular formula is C23H29NO6. The second-order valence-electron chi connectivity index (χ2n) is 9.73. The van der Waals surface area contributed by atoms with Crippen LogP contribution in [0.1, 0.15) is 39.5 Å². The molecule has 162 valence electrons. The number of piperidine rings is 1. The van der Waals surface area contributed by atoms with Gasteiger partial charge in [0.1, 0.15) is 11.4 Å². The van der Waals surface area contributed by atoms with Crippen molar-refractivity contribution in [2.75, 3.05) is 26.8 Å². The van der Waals surface area contributed by atoms with Gasteiger partial charge >= 0.3 is 5.97 Å². The molecular weight excluding hydrogens is 386 g/mol. The molecule has 5 rings (SSSR count). The van der Waals surface area contributed by atoms with E-state index in [1.54, 1.807) is 0 Å². The molecule has 3 aliphatic carbocycles. The Bertz CT molecular complexity index is 961. The summed E-state index contributed by atoms with van der Waals surface area (Å²) in [6.07, 6.45) is 1.59. The van der Waals surface area contributed by atoms with Crippen LogP contribution in [-0.4, -0.2) is 70.4 Å². The fourth-order valence-corrected chi connectivity index (χ4v) is 6.98. The number of rotatable bonds is 3. The number of aliphatic hydroxyl groups excluding tert-OH is 2. The maximum Gasteiger partial charge on any atom is 0.338 e. The van der Waals surface area contributed by atoms with Crippen molar-refractivity contribution in [2.45, 2.75) is 51.2 Å². The number of ketones is 1. The second-order valence-corrected chi connectivity index (χ2v) is 9.73. The molecule has 0 aromatic carbocycles. The predicted molar refractivity (Wildman–Crippen MR) is 107 cm³/mol. The summed E-state index contributed by atoms with van der Waals surface area (Å²) >= 11 is 0. The number of carbonyl (C=O) groups is 2. The van der Waals surface area contributed by atoms with Gasteiger partial charge in [0.2, 0.25) is 0 Å². The van der Waals surface area contributed by atoms with Crippen molar-refractivity contribution in [2.24, 2.45) is 17.3 Å². The van der Waals surface area contributed by atoms with Crippen LogP contribution in [0, 0.1) is 17.3 Å². The maximum absolute atomic E-state index is 13.3. The number of methoxy groups -OCH3 is 1. The molecule has 5 aliphatic rings.